The van der Waals surface area contributed by atoms with Crippen molar-refractivity contribution in [1.29, 1.82) is 0 Å². The van der Waals surface area contributed by atoms with E-state index in [4.69, 9.17) is 14.2 Å². The number of Topliss-reactive ketones (excluding diaryl/α,β-unsaturated/α-hetero) is 1. The van der Waals surface area contributed by atoms with Crippen LogP contribution in [0.4, 0.5) is 0 Å². The highest BCUT2D eigenvalue weighted by atomic mass is 16.6. The van der Waals surface area contributed by atoms with Crippen LogP contribution in [0.25, 0.3) is 0 Å². The first kappa shape index (κ1) is 24.0. The lowest BCUT2D eigenvalue weighted by atomic mass is 10.00. The molecule has 2 aromatic carbocycles. The highest BCUT2D eigenvalue weighted by Crippen LogP contribution is 2.33. The molecule has 4 rings (SSSR count). The second-order valence-corrected chi connectivity index (χ2v) is 8.68. The quantitative estimate of drug-likeness (QED) is 0.518. The zero-order chi connectivity index (χ0) is 23.9. The van der Waals surface area contributed by atoms with E-state index in [0.29, 0.717) is 48.1 Å². The van der Waals surface area contributed by atoms with Crippen molar-refractivity contribution < 1.29 is 28.9 Å². The molecule has 1 saturated heterocycles. The van der Waals surface area contributed by atoms with E-state index in [1.807, 2.05) is 0 Å². The van der Waals surface area contributed by atoms with Crippen LogP contribution in [-0.4, -0.2) is 67.7 Å². The van der Waals surface area contributed by atoms with Crippen LogP contribution < -0.4 is 19.5 Å². The van der Waals surface area contributed by atoms with Gasteiger partial charge in [-0.05, 0) is 67.9 Å². The number of likely N-dealkylation sites (tertiary alicyclic amines) is 1. The van der Waals surface area contributed by atoms with Gasteiger partial charge in [-0.15, -0.1) is 0 Å². The van der Waals surface area contributed by atoms with E-state index >= 15 is 0 Å². The summed E-state index contributed by atoms with van der Waals surface area (Å²) in [5, 5.41) is 14.2. The minimum atomic E-state index is -0.919. The molecule has 0 aliphatic carbocycles. The minimum absolute atomic E-state index is 0.0508. The van der Waals surface area contributed by atoms with Crippen LogP contribution in [0.15, 0.2) is 42.5 Å². The lowest BCUT2D eigenvalue weighted by Gasteiger charge is -2.29. The normalized spacial score (nSPS) is 17.1. The number of methoxy groups -OCH3 is 1. The predicted octanol–water partition coefficient (Wildman–Crippen LogP) is 2.74. The number of carbonyl (C=O) groups is 2. The van der Waals surface area contributed by atoms with Gasteiger partial charge in [-0.25, -0.2) is 0 Å². The van der Waals surface area contributed by atoms with Crippen molar-refractivity contribution in [2.75, 3.05) is 40.0 Å². The first-order valence-corrected chi connectivity index (χ1v) is 11.8. The molecule has 0 aromatic heterocycles. The molecule has 2 aromatic rings. The third kappa shape index (κ3) is 6.07. The molecule has 34 heavy (non-hydrogen) atoms. The van der Waals surface area contributed by atoms with Crippen LogP contribution >= 0.6 is 0 Å². The number of benzene rings is 2. The number of carbonyl (C=O) groups excluding carboxylic acids is 2. The van der Waals surface area contributed by atoms with E-state index in [1.165, 1.54) is 0 Å². The molecule has 2 aliphatic heterocycles. The standard InChI is InChI=1S/C26H32N2O6/c1-32-20-7-4-18(5-8-20)22(29)9-11-25(30)27-21(17-28-12-2-3-13-28)26(31)19-6-10-23-24(16-19)34-15-14-33-23/h4-8,10,16,21,26,31H,2-3,9,11-15,17H2,1H3,(H,27,30). The van der Waals surface area contributed by atoms with Crippen molar-refractivity contribution in [1.82, 2.24) is 10.2 Å². The molecule has 182 valence electrons. The Labute approximate surface area is 199 Å². The molecule has 0 radical (unpaired) electrons. The Morgan fingerprint density at radius 3 is 2.44 bits per heavy atom. The molecule has 0 spiro atoms. The minimum Gasteiger partial charge on any atom is -0.497 e. The fourth-order valence-corrected chi connectivity index (χ4v) is 4.37. The Morgan fingerprint density at radius 2 is 1.74 bits per heavy atom. The number of rotatable bonds is 10. The maximum Gasteiger partial charge on any atom is 0.220 e. The summed E-state index contributed by atoms with van der Waals surface area (Å²) < 4.78 is 16.3. The third-order valence-electron chi connectivity index (χ3n) is 6.28. The van der Waals surface area contributed by atoms with Crippen molar-refractivity contribution in [3.05, 3.63) is 53.6 Å². The van der Waals surface area contributed by atoms with Crippen LogP contribution in [0.3, 0.4) is 0 Å². The van der Waals surface area contributed by atoms with Gasteiger partial charge in [-0.2, -0.15) is 0 Å². The molecular weight excluding hydrogens is 436 g/mol. The monoisotopic (exact) mass is 468 g/mol. The number of aliphatic hydroxyl groups excluding tert-OH is 1. The Kier molecular flexibility index (Phi) is 8.03. The smallest absolute Gasteiger partial charge is 0.220 e. The molecule has 2 unspecified atom stereocenters. The molecule has 1 fully saturated rings. The maximum atomic E-state index is 12.8. The molecule has 8 nitrogen and oxygen atoms in total. The molecule has 1 amide bonds. The van der Waals surface area contributed by atoms with Gasteiger partial charge in [0.05, 0.1) is 13.2 Å². The summed E-state index contributed by atoms with van der Waals surface area (Å²) in [7, 11) is 1.57. The van der Waals surface area contributed by atoms with Crippen LogP contribution in [-0.2, 0) is 4.79 Å². The van der Waals surface area contributed by atoms with Crippen LogP contribution in [0.2, 0.25) is 0 Å². The van der Waals surface area contributed by atoms with Crippen LogP contribution in [0.1, 0.15) is 47.7 Å². The molecule has 0 bridgehead atoms. The predicted molar refractivity (Wildman–Crippen MR) is 127 cm³/mol. The van der Waals surface area contributed by atoms with E-state index in [-0.39, 0.29) is 24.5 Å². The average Bonchev–Trinajstić information content (AvgIpc) is 3.39. The molecule has 8 heteroatoms. The molecule has 0 saturated carbocycles. The second-order valence-electron chi connectivity index (χ2n) is 8.68. The van der Waals surface area contributed by atoms with E-state index in [2.05, 4.69) is 10.2 Å². The number of nitrogens with zero attached hydrogens (tertiary/aromatic N) is 1. The van der Waals surface area contributed by atoms with Crippen molar-refractivity contribution in [2.24, 2.45) is 0 Å². The summed E-state index contributed by atoms with van der Waals surface area (Å²) in [6.07, 6.45) is 1.44. The SMILES string of the molecule is COc1ccc(C(=O)CCC(=O)NC(CN2CCCC2)C(O)c2ccc3c(c2)OCCO3)cc1. The van der Waals surface area contributed by atoms with Gasteiger partial charge < -0.3 is 29.5 Å². The lowest BCUT2D eigenvalue weighted by molar-refractivity contribution is -0.122. The van der Waals surface area contributed by atoms with Gasteiger partial charge in [-0.3, -0.25) is 9.59 Å². The number of ketones is 1. The van der Waals surface area contributed by atoms with Crippen molar-refractivity contribution >= 4 is 11.7 Å². The van der Waals surface area contributed by atoms with Gasteiger partial charge >= 0.3 is 0 Å². The Morgan fingerprint density at radius 1 is 1.03 bits per heavy atom. The maximum absolute atomic E-state index is 12.8. The summed E-state index contributed by atoms with van der Waals surface area (Å²) in [4.78, 5) is 27.5. The third-order valence-corrected chi connectivity index (χ3v) is 6.28. The highest BCUT2D eigenvalue weighted by Gasteiger charge is 2.28. The Balaban J connectivity index is 1.39. The fourth-order valence-electron chi connectivity index (χ4n) is 4.37. The van der Waals surface area contributed by atoms with E-state index in [0.717, 1.165) is 25.9 Å². The zero-order valence-corrected chi connectivity index (χ0v) is 19.5. The van der Waals surface area contributed by atoms with E-state index < -0.39 is 12.1 Å². The number of hydrogen-bond donors (Lipinski definition) is 2. The lowest BCUT2D eigenvalue weighted by Crippen LogP contribution is -2.46. The topological polar surface area (TPSA) is 97.3 Å². The first-order valence-electron chi connectivity index (χ1n) is 11.8. The van der Waals surface area contributed by atoms with Crippen LogP contribution in [0.5, 0.6) is 17.2 Å². The average molecular weight is 469 g/mol. The number of aliphatic hydroxyl groups is 1. The summed E-state index contributed by atoms with van der Waals surface area (Å²) in [6, 6.07) is 11.7. The van der Waals surface area contributed by atoms with Gasteiger partial charge in [0, 0.05) is 24.9 Å². The van der Waals surface area contributed by atoms with Gasteiger partial charge in [0.15, 0.2) is 17.3 Å². The van der Waals surface area contributed by atoms with Crippen molar-refractivity contribution in [3.8, 4) is 17.2 Å². The molecule has 2 atom stereocenters. The number of hydrogen-bond acceptors (Lipinski definition) is 7. The Hall–Kier alpha value is -3.10. The fraction of sp³-hybridized carbons (Fsp3) is 0.462. The van der Waals surface area contributed by atoms with Gasteiger partial charge in [0.2, 0.25) is 5.91 Å². The largest absolute Gasteiger partial charge is 0.497 e. The summed E-state index contributed by atoms with van der Waals surface area (Å²) in [5.41, 5.74) is 1.20. The summed E-state index contributed by atoms with van der Waals surface area (Å²) >= 11 is 0. The number of nitrogens with one attached hydrogen (secondary N) is 1. The van der Waals surface area contributed by atoms with E-state index in [1.54, 1.807) is 49.6 Å². The van der Waals surface area contributed by atoms with Crippen molar-refractivity contribution in [3.63, 3.8) is 0 Å². The molecule has 2 heterocycles. The van der Waals surface area contributed by atoms with Gasteiger partial charge in [0.25, 0.3) is 0 Å². The van der Waals surface area contributed by atoms with Crippen LogP contribution in [0, 0.1) is 0 Å². The summed E-state index contributed by atoms with van der Waals surface area (Å²) in [5.74, 6) is 1.55. The second kappa shape index (κ2) is 11.4. The number of ether oxygens (including phenoxy) is 3. The molecule has 2 aliphatic rings. The number of amides is 1. The highest BCUT2D eigenvalue weighted by molar-refractivity contribution is 5.98. The zero-order valence-electron chi connectivity index (χ0n) is 19.5. The number of fused-ring (bicyclic) bond motifs is 1. The molecule has 2 N–H and O–H groups in total. The van der Waals surface area contributed by atoms with Crippen molar-refractivity contribution in [2.45, 2.75) is 37.8 Å². The first-order chi connectivity index (χ1) is 16.5. The van der Waals surface area contributed by atoms with Gasteiger partial charge in [0.1, 0.15) is 25.1 Å². The van der Waals surface area contributed by atoms with Gasteiger partial charge in [-0.1, -0.05) is 6.07 Å². The summed E-state index contributed by atoms with van der Waals surface area (Å²) in [6.45, 7) is 3.38. The molecular formula is C26H32N2O6. The van der Waals surface area contributed by atoms with E-state index in [9.17, 15) is 14.7 Å². The Bertz CT molecular complexity index is 987.